The van der Waals surface area contributed by atoms with E-state index in [1.54, 1.807) is 0 Å². The number of anilines is 3. The molecule has 3 aliphatic rings. The first-order valence-corrected chi connectivity index (χ1v) is 29.4. The van der Waals surface area contributed by atoms with E-state index in [1.807, 2.05) is 0 Å². The summed E-state index contributed by atoms with van der Waals surface area (Å²) in [6.45, 7) is 4.88. The molecule has 0 unspecified atom stereocenters. The molecule has 0 amide bonds. The lowest BCUT2D eigenvalue weighted by atomic mass is 9.70. The van der Waals surface area contributed by atoms with E-state index in [-0.39, 0.29) is 5.41 Å². The molecule has 17 rings (SSSR count). The van der Waals surface area contributed by atoms with Gasteiger partial charge in [0.2, 0.25) is 0 Å². The molecule has 0 atom stereocenters. The van der Waals surface area contributed by atoms with Crippen molar-refractivity contribution in [3.05, 3.63) is 337 Å². The molecule has 0 N–H and O–H groups in total. The summed E-state index contributed by atoms with van der Waals surface area (Å²) in [5, 5.41) is 2.40. The van der Waals surface area contributed by atoms with Crippen LogP contribution in [0.5, 0.6) is 0 Å². The number of benzene rings is 13. The molecule has 0 bridgehead atoms. The van der Waals surface area contributed by atoms with Gasteiger partial charge in [-0.3, -0.25) is 0 Å². The summed E-state index contributed by atoms with van der Waals surface area (Å²) >= 11 is 0. The maximum atomic E-state index is 2.54. The fourth-order valence-corrected chi connectivity index (χ4v) is 15.1. The fraction of sp³-hybridized carbons (Fsp3) is 0.0488. The Morgan fingerprint density at radius 3 is 1.45 bits per heavy atom. The van der Waals surface area contributed by atoms with Crippen molar-refractivity contribution in [1.82, 2.24) is 4.57 Å². The van der Waals surface area contributed by atoms with Crippen molar-refractivity contribution >= 4 is 38.9 Å². The summed E-state index contributed by atoms with van der Waals surface area (Å²) in [7, 11) is 0. The fourth-order valence-electron chi connectivity index (χ4n) is 15.1. The van der Waals surface area contributed by atoms with Crippen LogP contribution >= 0.6 is 0 Å². The summed E-state index contributed by atoms with van der Waals surface area (Å²) in [4.78, 5) is 2.54. The number of hydrogen-bond acceptors (Lipinski definition) is 1. The summed E-state index contributed by atoms with van der Waals surface area (Å²) in [6, 6.07) is 113. The molecule has 0 fully saturated rings. The summed E-state index contributed by atoms with van der Waals surface area (Å²) in [5.41, 5.74) is 31.5. The van der Waals surface area contributed by atoms with Gasteiger partial charge in [0, 0.05) is 33.1 Å². The highest BCUT2D eigenvalue weighted by molar-refractivity contribution is 6.15. The van der Waals surface area contributed by atoms with Crippen molar-refractivity contribution in [2.75, 3.05) is 4.90 Å². The van der Waals surface area contributed by atoms with Crippen molar-refractivity contribution in [2.45, 2.75) is 24.7 Å². The minimum atomic E-state index is -0.411. The molecule has 13 aromatic carbocycles. The largest absolute Gasteiger partial charge is 0.308 e. The molecule has 1 aromatic heterocycles. The Labute approximate surface area is 490 Å². The van der Waals surface area contributed by atoms with E-state index in [4.69, 9.17) is 0 Å². The maximum absolute atomic E-state index is 2.54. The third-order valence-electron chi connectivity index (χ3n) is 18.8. The van der Waals surface area contributed by atoms with Crippen LogP contribution in [0.1, 0.15) is 47.2 Å². The zero-order valence-corrected chi connectivity index (χ0v) is 46.8. The van der Waals surface area contributed by atoms with Gasteiger partial charge in [-0.25, -0.2) is 0 Å². The van der Waals surface area contributed by atoms with Gasteiger partial charge in [0.15, 0.2) is 0 Å². The SMILES string of the molecule is CC1(C)c2cc(-c3cc(-c4ccccc4)cc(N(c4ccccc4-c4ccccc4)c4cccc5c6ccccc6n(-c6ccc(-c7ccccc7)cc6)c45)c3)ccc2-c2c1ccc1c2-c2ccccc2C12c1ccccc1-c1ccccc12. The van der Waals surface area contributed by atoms with Gasteiger partial charge in [0.05, 0.1) is 27.8 Å². The molecule has 394 valence electrons. The Morgan fingerprint density at radius 2 is 0.762 bits per heavy atom. The van der Waals surface area contributed by atoms with Gasteiger partial charge in [-0.2, -0.15) is 0 Å². The zero-order chi connectivity index (χ0) is 55.7. The van der Waals surface area contributed by atoms with Crippen LogP contribution in [0, 0.1) is 0 Å². The van der Waals surface area contributed by atoms with Gasteiger partial charge in [-0.05, 0) is 160 Å². The van der Waals surface area contributed by atoms with Crippen molar-refractivity contribution in [2.24, 2.45) is 0 Å². The number of fused-ring (bicyclic) bond motifs is 17. The number of aromatic nitrogens is 1. The van der Waals surface area contributed by atoms with Gasteiger partial charge in [0.1, 0.15) is 0 Å². The Kier molecular flexibility index (Phi) is 10.6. The van der Waals surface area contributed by atoms with Crippen molar-refractivity contribution in [1.29, 1.82) is 0 Å². The van der Waals surface area contributed by atoms with Crippen LogP contribution in [0.15, 0.2) is 303 Å². The smallest absolute Gasteiger partial charge is 0.0782 e. The van der Waals surface area contributed by atoms with Crippen LogP contribution in [-0.4, -0.2) is 4.57 Å². The first kappa shape index (κ1) is 48.2. The van der Waals surface area contributed by atoms with Crippen molar-refractivity contribution in [3.63, 3.8) is 0 Å². The van der Waals surface area contributed by atoms with Gasteiger partial charge in [-0.15, -0.1) is 0 Å². The van der Waals surface area contributed by atoms with Gasteiger partial charge < -0.3 is 9.47 Å². The molecule has 3 aliphatic carbocycles. The second kappa shape index (κ2) is 18.5. The zero-order valence-electron chi connectivity index (χ0n) is 46.8. The predicted octanol–water partition coefficient (Wildman–Crippen LogP) is 21.6. The third kappa shape index (κ3) is 6.92. The van der Waals surface area contributed by atoms with Crippen LogP contribution in [-0.2, 0) is 10.8 Å². The normalized spacial score (nSPS) is 13.5. The Balaban J connectivity index is 0.892. The van der Waals surface area contributed by atoms with Crippen LogP contribution in [0.3, 0.4) is 0 Å². The minimum absolute atomic E-state index is 0.283. The average Bonchev–Trinajstić information content (AvgIpc) is 1.52. The lowest BCUT2D eigenvalue weighted by molar-refractivity contribution is 0.660. The summed E-state index contributed by atoms with van der Waals surface area (Å²) in [5.74, 6) is 0. The minimum Gasteiger partial charge on any atom is -0.308 e. The highest BCUT2D eigenvalue weighted by atomic mass is 15.2. The lowest BCUT2D eigenvalue weighted by Crippen LogP contribution is -2.26. The van der Waals surface area contributed by atoms with E-state index in [9.17, 15) is 0 Å². The van der Waals surface area contributed by atoms with Crippen LogP contribution in [0.25, 0.3) is 105 Å². The van der Waals surface area contributed by atoms with Gasteiger partial charge >= 0.3 is 0 Å². The molecular formula is C82H56N2. The standard InChI is InChI=1S/C82H56N2/c1-81(2)72-47-48-73-79(67-33-14-19-37-71(67)82(73)69-35-17-12-30-63(69)64-31-13-18-36-70(64)82)78(72)68-46-43-57(52-74(68)81)59-49-58(54-25-8-4-9-26-54)50-61(51-59)83(75-38-20-15-29-62(75)56-27-10-5-11-28-56)77-40-22-34-66-65-32-16-21-39-76(65)84(80(66)77)60-44-41-55(42-45-60)53-23-6-3-7-24-53/h3-52H,1-2H3. The van der Waals surface area contributed by atoms with Crippen LogP contribution in [0.2, 0.25) is 0 Å². The Bertz CT molecular complexity index is 4920. The second-order valence-corrected chi connectivity index (χ2v) is 23.5. The number of rotatable bonds is 8. The molecule has 1 spiro atoms. The van der Waals surface area contributed by atoms with E-state index < -0.39 is 5.41 Å². The first-order valence-electron chi connectivity index (χ1n) is 29.4. The number of hydrogen-bond donors (Lipinski definition) is 0. The van der Waals surface area contributed by atoms with Gasteiger partial charge in [-0.1, -0.05) is 263 Å². The molecule has 84 heavy (non-hydrogen) atoms. The molecule has 0 aliphatic heterocycles. The molecule has 0 radical (unpaired) electrons. The highest BCUT2D eigenvalue weighted by Crippen LogP contribution is 2.66. The monoisotopic (exact) mass is 1070 g/mol. The molecule has 1 heterocycles. The van der Waals surface area contributed by atoms with E-state index in [2.05, 4.69) is 327 Å². The number of para-hydroxylation sites is 3. The maximum Gasteiger partial charge on any atom is 0.0782 e. The van der Waals surface area contributed by atoms with Crippen molar-refractivity contribution in [3.8, 4) is 83.6 Å². The summed E-state index contributed by atoms with van der Waals surface area (Å²) < 4.78 is 2.48. The van der Waals surface area contributed by atoms with Gasteiger partial charge in [0.25, 0.3) is 0 Å². The number of nitrogens with zero attached hydrogens (tertiary/aromatic N) is 2. The van der Waals surface area contributed by atoms with Crippen molar-refractivity contribution < 1.29 is 0 Å². The van der Waals surface area contributed by atoms with E-state index in [0.717, 1.165) is 61.6 Å². The molecule has 0 saturated heterocycles. The van der Waals surface area contributed by atoms with E-state index in [1.165, 1.54) is 94.2 Å². The molecule has 0 saturated carbocycles. The van der Waals surface area contributed by atoms with E-state index in [0.29, 0.717) is 0 Å². The predicted molar refractivity (Wildman–Crippen MR) is 351 cm³/mol. The Morgan fingerprint density at radius 1 is 0.286 bits per heavy atom. The highest BCUT2D eigenvalue weighted by Gasteiger charge is 2.53. The first-order chi connectivity index (χ1) is 41.4. The van der Waals surface area contributed by atoms with E-state index >= 15 is 0 Å². The topological polar surface area (TPSA) is 8.17 Å². The third-order valence-corrected chi connectivity index (χ3v) is 18.8. The second-order valence-electron chi connectivity index (χ2n) is 23.5. The quantitative estimate of drug-likeness (QED) is 0.147. The van der Waals surface area contributed by atoms with Crippen LogP contribution in [0.4, 0.5) is 17.1 Å². The summed E-state index contributed by atoms with van der Waals surface area (Å²) in [6.07, 6.45) is 0. The Hall–Kier alpha value is -10.5. The average molecular weight is 1070 g/mol. The molecule has 2 nitrogen and oxygen atoms in total. The molecule has 14 aromatic rings. The van der Waals surface area contributed by atoms with Crippen LogP contribution < -0.4 is 4.90 Å². The molecular weight excluding hydrogens is 1010 g/mol. The molecule has 2 heteroatoms. The lowest BCUT2D eigenvalue weighted by Gasteiger charge is -2.31.